The van der Waals surface area contributed by atoms with Crippen LogP contribution in [0.4, 0.5) is 0 Å². The van der Waals surface area contributed by atoms with E-state index in [1.54, 1.807) is 6.92 Å². The molecule has 0 aromatic carbocycles. The number of hydrogen-bond donors (Lipinski definition) is 1. The van der Waals surface area contributed by atoms with E-state index < -0.39 is 0 Å². The summed E-state index contributed by atoms with van der Waals surface area (Å²) in [6.07, 6.45) is 0.789. The van der Waals surface area contributed by atoms with Crippen LogP contribution in [0.2, 0.25) is 0 Å². The molecule has 0 saturated carbocycles. The third kappa shape index (κ3) is 2.54. The van der Waals surface area contributed by atoms with Gasteiger partial charge in [0.05, 0.1) is 12.6 Å². The Morgan fingerprint density at radius 3 is 2.93 bits per heavy atom. The van der Waals surface area contributed by atoms with Crippen LogP contribution in [0.5, 0.6) is 0 Å². The minimum atomic E-state index is -0.234. The number of aryl methyl sites for hydroxylation is 1. The minimum absolute atomic E-state index is 0.234. The van der Waals surface area contributed by atoms with Crippen LogP contribution in [0, 0.1) is 12.8 Å². The second-order valence-corrected chi connectivity index (χ2v) is 4.28. The van der Waals surface area contributed by atoms with Crippen molar-refractivity contribution < 1.29 is 9.52 Å². The fourth-order valence-electron chi connectivity index (χ4n) is 1.85. The molecule has 0 radical (unpaired) electrons. The van der Waals surface area contributed by atoms with E-state index >= 15 is 0 Å². The molecule has 1 aliphatic rings. The summed E-state index contributed by atoms with van der Waals surface area (Å²) in [7, 11) is 0. The molecule has 5 heteroatoms. The van der Waals surface area contributed by atoms with Gasteiger partial charge in [-0.2, -0.15) is 0 Å². The molecule has 1 N–H and O–H groups in total. The van der Waals surface area contributed by atoms with Crippen molar-refractivity contribution in [3.05, 3.63) is 11.8 Å². The molecule has 2 unspecified atom stereocenters. The van der Waals surface area contributed by atoms with Crippen LogP contribution in [0.15, 0.2) is 4.42 Å². The van der Waals surface area contributed by atoms with Gasteiger partial charge in [0.15, 0.2) is 0 Å². The molecular weight excluding hydrogens is 194 g/mol. The zero-order valence-corrected chi connectivity index (χ0v) is 9.18. The number of aliphatic hydroxyl groups excluding tert-OH is 1. The molecule has 15 heavy (non-hydrogen) atoms. The highest BCUT2D eigenvalue weighted by Crippen LogP contribution is 2.18. The van der Waals surface area contributed by atoms with Gasteiger partial charge in [0.25, 0.3) is 0 Å². The van der Waals surface area contributed by atoms with Crippen molar-refractivity contribution in [1.82, 2.24) is 15.1 Å². The van der Waals surface area contributed by atoms with Gasteiger partial charge < -0.3 is 9.52 Å². The number of aromatic nitrogens is 2. The van der Waals surface area contributed by atoms with Gasteiger partial charge in [-0.3, -0.25) is 4.90 Å². The van der Waals surface area contributed by atoms with E-state index in [-0.39, 0.29) is 6.10 Å². The summed E-state index contributed by atoms with van der Waals surface area (Å²) in [5.74, 6) is 1.62. The summed E-state index contributed by atoms with van der Waals surface area (Å²) >= 11 is 0. The molecule has 1 aromatic heterocycles. The van der Waals surface area contributed by atoms with Crippen molar-refractivity contribution in [2.24, 2.45) is 5.92 Å². The number of likely N-dealkylation sites (tertiary alicyclic amines) is 1. The monoisotopic (exact) mass is 211 g/mol. The van der Waals surface area contributed by atoms with Crippen LogP contribution < -0.4 is 0 Å². The number of β-amino-alcohol motifs (C(OH)–C–C–N with tert-alkyl or cyclic N) is 1. The van der Waals surface area contributed by atoms with Gasteiger partial charge in [0.2, 0.25) is 11.8 Å². The number of aliphatic hydroxyl groups is 1. The average molecular weight is 211 g/mol. The van der Waals surface area contributed by atoms with Crippen molar-refractivity contribution in [3.8, 4) is 0 Å². The molecule has 0 amide bonds. The number of nitrogens with zero attached hydrogens (tertiary/aromatic N) is 3. The van der Waals surface area contributed by atoms with Crippen LogP contribution in [0.25, 0.3) is 0 Å². The number of rotatable bonds is 2. The maximum absolute atomic E-state index is 9.72. The van der Waals surface area contributed by atoms with Gasteiger partial charge in [0.1, 0.15) is 0 Å². The van der Waals surface area contributed by atoms with Crippen LogP contribution in [-0.2, 0) is 6.54 Å². The van der Waals surface area contributed by atoms with Crippen LogP contribution in [0.3, 0.4) is 0 Å². The second kappa shape index (κ2) is 4.28. The molecular formula is C10H17N3O2. The lowest BCUT2D eigenvalue weighted by molar-refractivity contribution is 0.0226. The lowest BCUT2D eigenvalue weighted by atomic mass is 9.96. The first-order valence-corrected chi connectivity index (χ1v) is 5.34. The topological polar surface area (TPSA) is 62.4 Å². The molecule has 1 fully saturated rings. The highest BCUT2D eigenvalue weighted by atomic mass is 16.4. The molecule has 84 valence electrons. The maximum atomic E-state index is 9.72. The fourth-order valence-corrected chi connectivity index (χ4v) is 1.85. The van der Waals surface area contributed by atoms with Gasteiger partial charge in [-0.25, -0.2) is 0 Å². The van der Waals surface area contributed by atoms with E-state index in [9.17, 15) is 5.11 Å². The van der Waals surface area contributed by atoms with E-state index in [1.165, 1.54) is 0 Å². The molecule has 1 saturated heterocycles. The van der Waals surface area contributed by atoms with Crippen LogP contribution >= 0.6 is 0 Å². The Hall–Kier alpha value is -0.940. The SMILES string of the molecule is Cc1nnc(CN2CCC(C)C(O)C2)o1. The Balaban J connectivity index is 1.90. The molecule has 0 aliphatic carbocycles. The minimum Gasteiger partial charge on any atom is -0.424 e. The van der Waals surface area contributed by atoms with Crippen molar-refractivity contribution >= 4 is 0 Å². The first-order valence-electron chi connectivity index (χ1n) is 5.34. The van der Waals surface area contributed by atoms with Crippen molar-refractivity contribution in [2.75, 3.05) is 13.1 Å². The third-order valence-electron chi connectivity index (χ3n) is 2.93. The van der Waals surface area contributed by atoms with Crippen molar-refractivity contribution in [1.29, 1.82) is 0 Å². The van der Waals surface area contributed by atoms with Crippen molar-refractivity contribution in [3.63, 3.8) is 0 Å². The molecule has 0 bridgehead atoms. The highest BCUT2D eigenvalue weighted by Gasteiger charge is 2.25. The third-order valence-corrected chi connectivity index (χ3v) is 2.93. The molecule has 2 atom stereocenters. The second-order valence-electron chi connectivity index (χ2n) is 4.28. The molecule has 2 heterocycles. The lowest BCUT2D eigenvalue weighted by Gasteiger charge is -2.33. The summed E-state index contributed by atoms with van der Waals surface area (Å²) in [4.78, 5) is 2.15. The van der Waals surface area contributed by atoms with Crippen LogP contribution in [0.1, 0.15) is 25.1 Å². The Kier molecular flexibility index (Phi) is 3.02. The summed E-state index contributed by atoms with van der Waals surface area (Å²) in [6, 6.07) is 0. The van der Waals surface area contributed by atoms with Gasteiger partial charge >= 0.3 is 0 Å². The van der Waals surface area contributed by atoms with E-state index in [0.717, 1.165) is 13.0 Å². The Bertz CT molecular complexity index is 326. The summed E-state index contributed by atoms with van der Waals surface area (Å²) in [6.45, 7) is 6.19. The Labute approximate surface area is 89.1 Å². The number of hydrogen-bond acceptors (Lipinski definition) is 5. The number of piperidine rings is 1. The zero-order valence-electron chi connectivity index (χ0n) is 9.18. The van der Waals surface area contributed by atoms with E-state index in [1.807, 2.05) is 0 Å². The standard InChI is InChI=1S/C10H17N3O2/c1-7-3-4-13(5-9(7)14)6-10-12-11-8(2)15-10/h7,9,14H,3-6H2,1-2H3. The molecule has 5 nitrogen and oxygen atoms in total. The lowest BCUT2D eigenvalue weighted by Crippen LogP contribution is -2.42. The largest absolute Gasteiger partial charge is 0.424 e. The zero-order chi connectivity index (χ0) is 10.8. The molecule has 2 rings (SSSR count). The maximum Gasteiger partial charge on any atom is 0.230 e. The van der Waals surface area contributed by atoms with E-state index in [2.05, 4.69) is 22.0 Å². The average Bonchev–Trinajstić information content (AvgIpc) is 2.58. The predicted octanol–water partition coefficient (Wildman–Crippen LogP) is 0.581. The van der Waals surface area contributed by atoms with Crippen molar-refractivity contribution in [2.45, 2.75) is 32.9 Å². The van der Waals surface area contributed by atoms with Gasteiger partial charge in [0, 0.05) is 13.5 Å². The molecule has 0 spiro atoms. The predicted molar refractivity (Wildman–Crippen MR) is 54.1 cm³/mol. The van der Waals surface area contributed by atoms with Gasteiger partial charge in [-0.15, -0.1) is 10.2 Å². The fraction of sp³-hybridized carbons (Fsp3) is 0.800. The smallest absolute Gasteiger partial charge is 0.230 e. The van der Waals surface area contributed by atoms with E-state index in [0.29, 0.717) is 30.8 Å². The molecule has 1 aliphatic heterocycles. The van der Waals surface area contributed by atoms with Crippen LogP contribution in [-0.4, -0.2) is 39.4 Å². The Morgan fingerprint density at radius 1 is 1.53 bits per heavy atom. The van der Waals surface area contributed by atoms with Gasteiger partial charge in [-0.05, 0) is 18.9 Å². The summed E-state index contributed by atoms with van der Waals surface area (Å²) < 4.78 is 5.30. The Morgan fingerprint density at radius 2 is 2.33 bits per heavy atom. The summed E-state index contributed by atoms with van der Waals surface area (Å²) in [5.41, 5.74) is 0. The first kappa shape index (κ1) is 10.6. The van der Waals surface area contributed by atoms with E-state index in [4.69, 9.17) is 4.42 Å². The summed E-state index contributed by atoms with van der Waals surface area (Å²) in [5, 5.41) is 17.4. The molecule has 1 aromatic rings. The highest BCUT2D eigenvalue weighted by molar-refractivity contribution is 4.83. The van der Waals surface area contributed by atoms with Gasteiger partial charge in [-0.1, -0.05) is 6.92 Å². The quantitative estimate of drug-likeness (QED) is 0.775. The first-order chi connectivity index (χ1) is 7.15. The normalized spacial score (nSPS) is 28.2.